The molecule has 0 aliphatic heterocycles. The summed E-state index contributed by atoms with van der Waals surface area (Å²) in [5.41, 5.74) is 3.19. The van der Waals surface area contributed by atoms with Gasteiger partial charge in [0.2, 0.25) is 0 Å². The summed E-state index contributed by atoms with van der Waals surface area (Å²) in [6.45, 7) is 8.28. The van der Waals surface area contributed by atoms with Crippen LogP contribution in [0.25, 0.3) is 0 Å². The second kappa shape index (κ2) is 8.26. The monoisotopic (exact) mass is 396 g/mol. The molecule has 0 fully saturated rings. The van der Waals surface area contributed by atoms with Crippen molar-refractivity contribution in [2.45, 2.75) is 46.8 Å². The number of hydrogen-bond acceptors (Lipinski definition) is 5. The van der Waals surface area contributed by atoms with E-state index in [1.807, 2.05) is 30.7 Å². The lowest BCUT2D eigenvalue weighted by Gasteiger charge is -2.15. The van der Waals surface area contributed by atoms with Gasteiger partial charge in [0.15, 0.2) is 0 Å². The molecule has 3 aromatic rings. The van der Waals surface area contributed by atoms with Gasteiger partial charge in [-0.15, -0.1) is 0 Å². The van der Waals surface area contributed by atoms with Crippen molar-refractivity contribution >= 4 is 11.6 Å². The number of benzene rings is 1. The highest BCUT2D eigenvalue weighted by atomic mass is 16.6. The van der Waals surface area contributed by atoms with Gasteiger partial charge in [0.1, 0.15) is 11.4 Å². The van der Waals surface area contributed by atoms with Crippen LogP contribution in [0.2, 0.25) is 0 Å². The summed E-state index contributed by atoms with van der Waals surface area (Å²) in [5, 5.41) is 22.7. The SMILES string of the molecule is CCn1nccc1C(C)NC(=O)c1cccc(Cn2nc(C)c([N+](=O)[O-])c2C)c1. The maximum atomic E-state index is 12.7. The van der Waals surface area contributed by atoms with Gasteiger partial charge in [-0.05, 0) is 51.5 Å². The molecule has 1 amide bonds. The summed E-state index contributed by atoms with van der Waals surface area (Å²) in [6.07, 6.45) is 1.72. The first-order valence-corrected chi connectivity index (χ1v) is 9.41. The number of carbonyl (C=O) groups is 1. The van der Waals surface area contributed by atoms with Crippen molar-refractivity contribution in [3.63, 3.8) is 0 Å². The zero-order valence-corrected chi connectivity index (χ0v) is 16.9. The van der Waals surface area contributed by atoms with Crippen molar-refractivity contribution < 1.29 is 9.72 Å². The summed E-state index contributed by atoms with van der Waals surface area (Å²) >= 11 is 0. The van der Waals surface area contributed by atoms with E-state index >= 15 is 0 Å². The smallest absolute Gasteiger partial charge is 0.312 e. The van der Waals surface area contributed by atoms with Gasteiger partial charge in [0, 0.05) is 18.3 Å². The van der Waals surface area contributed by atoms with Gasteiger partial charge < -0.3 is 5.32 Å². The average Bonchev–Trinajstić information content (AvgIpc) is 3.26. The van der Waals surface area contributed by atoms with Gasteiger partial charge in [0.05, 0.1) is 23.2 Å². The van der Waals surface area contributed by atoms with E-state index in [0.29, 0.717) is 23.5 Å². The molecule has 1 N–H and O–H groups in total. The standard InChI is InChI=1S/C20H24N6O3/c1-5-24-18(9-10-21-24)13(2)22-20(27)17-8-6-7-16(11-17)12-25-15(4)19(26(28)29)14(3)23-25/h6-11,13H,5,12H2,1-4H3,(H,22,27). The normalized spacial score (nSPS) is 12.0. The first-order valence-electron chi connectivity index (χ1n) is 9.41. The highest BCUT2D eigenvalue weighted by Gasteiger charge is 2.22. The molecule has 0 aliphatic rings. The van der Waals surface area contributed by atoms with Crippen LogP contribution in [0.1, 0.15) is 52.9 Å². The summed E-state index contributed by atoms with van der Waals surface area (Å²) in [4.78, 5) is 23.5. The van der Waals surface area contributed by atoms with Crippen LogP contribution in [0.5, 0.6) is 0 Å². The zero-order valence-electron chi connectivity index (χ0n) is 16.9. The van der Waals surface area contributed by atoms with E-state index < -0.39 is 4.92 Å². The van der Waals surface area contributed by atoms with Crippen LogP contribution >= 0.6 is 0 Å². The molecule has 0 spiro atoms. The second-order valence-corrected chi connectivity index (χ2v) is 6.90. The van der Waals surface area contributed by atoms with Gasteiger partial charge in [0.25, 0.3) is 5.91 Å². The van der Waals surface area contributed by atoms with E-state index in [4.69, 9.17) is 0 Å². The zero-order chi connectivity index (χ0) is 21.1. The van der Waals surface area contributed by atoms with Gasteiger partial charge in [-0.1, -0.05) is 12.1 Å². The van der Waals surface area contributed by atoms with Crippen LogP contribution in [0.4, 0.5) is 5.69 Å². The van der Waals surface area contributed by atoms with E-state index in [9.17, 15) is 14.9 Å². The van der Waals surface area contributed by atoms with Crippen molar-refractivity contribution in [3.8, 4) is 0 Å². The fraction of sp³-hybridized carbons (Fsp3) is 0.350. The predicted molar refractivity (Wildman–Crippen MR) is 108 cm³/mol. The van der Waals surface area contributed by atoms with Crippen molar-refractivity contribution in [2.75, 3.05) is 0 Å². The molecule has 2 aromatic heterocycles. The molecule has 0 saturated heterocycles. The molecule has 1 atom stereocenters. The molecular formula is C20H24N6O3. The minimum Gasteiger partial charge on any atom is -0.344 e. The number of carbonyl (C=O) groups excluding carboxylic acids is 1. The van der Waals surface area contributed by atoms with E-state index in [1.165, 1.54) is 0 Å². The molecular weight excluding hydrogens is 372 g/mol. The minimum absolute atomic E-state index is 0.0280. The molecule has 29 heavy (non-hydrogen) atoms. The van der Waals surface area contributed by atoms with Gasteiger partial charge in [-0.2, -0.15) is 10.2 Å². The fourth-order valence-electron chi connectivity index (χ4n) is 3.42. The Morgan fingerprint density at radius 3 is 2.69 bits per heavy atom. The summed E-state index contributed by atoms with van der Waals surface area (Å²) in [6, 6.07) is 8.89. The van der Waals surface area contributed by atoms with E-state index in [1.54, 1.807) is 42.9 Å². The van der Waals surface area contributed by atoms with E-state index in [0.717, 1.165) is 17.8 Å². The Labute approximate surface area is 168 Å². The molecule has 3 rings (SSSR count). The molecule has 0 bridgehead atoms. The Hall–Kier alpha value is -3.49. The molecule has 152 valence electrons. The number of aryl methyl sites for hydroxylation is 2. The molecule has 1 unspecified atom stereocenters. The third-order valence-electron chi connectivity index (χ3n) is 4.89. The second-order valence-electron chi connectivity index (χ2n) is 6.90. The number of amides is 1. The molecule has 2 heterocycles. The topological polar surface area (TPSA) is 108 Å². The van der Waals surface area contributed by atoms with Gasteiger partial charge in [-0.25, -0.2) is 0 Å². The summed E-state index contributed by atoms with van der Waals surface area (Å²) in [7, 11) is 0. The third-order valence-corrected chi connectivity index (χ3v) is 4.89. The Balaban J connectivity index is 1.77. The van der Waals surface area contributed by atoms with Gasteiger partial charge >= 0.3 is 5.69 Å². The van der Waals surface area contributed by atoms with Crippen LogP contribution in [0.3, 0.4) is 0 Å². The van der Waals surface area contributed by atoms with E-state index in [-0.39, 0.29) is 17.6 Å². The number of aromatic nitrogens is 4. The number of nitro groups is 1. The number of nitrogens with one attached hydrogen (secondary N) is 1. The molecule has 0 radical (unpaired) electrons. The number of hydrogen-bond donors (Lipinski definition) is 1. The van der Waals surface area contributed by atoms with Crippen LogP contribution in [-0.4, -0.2) is 30.4 Å². The quantitative estimate of drug-likeness (QED) is 0.487. The van der Waals surface area contributed by atoms with Crippen LogP contribution in [0.15, 0.2) is 36.5 Å². The van der Waals surface area contributed by atoms with E-state index in [2.05, 4.69) is 15.5 Å². The highest BCUT2D eigenvalue weighted by Crippen LogP contribution is 2.23. The van der Waals surface area contributed by atoms with Crippen LogP contribution < -0.4 is 5.32 Å². The number of nitrogens with zero attached hydrogens (tertiary/aromatic N) is 5. The number of rotatable bonds is 7. The lowest BCUT2D eigenvalue weighted by atomic mass is 10.1. The fourth-order valence-corrected chi connectivity index (χ4v) is 3.42. The minimum atomic E-state index is -0.416. The third kappa shape index (κ3) is 4.18. The Morgan fingerprint density at radius 1 is 1.28 bits per heavy atom. The summed E-state index contributed by atoms with van der Waals surface area (Å²) in [5.74, 6) is -0.192. The predicted octanol–water partition coefficient (Wildman–Crippen LogP) is 3.16. The molecule has 0 aliphatic carbocycles. The Kier molecular flexibility index (Phi) is 5.76. The highest BCUT2D eigenvalue weighted by molar-refractivity contribution is 5.94. The van der Waals surface area contributed by atoms with Crippen molar-refractivity contribution in [2.24, 2.45) is 0 Å². The molecule has 0 saturated carbocycles. The van der Waals surface area contributed by atoms with Gasteiger partial charge in [-0.3, -0.25) is 24.3 Å². The largest absolute Gasteiger partial charge is 0.344 e. The lowest BCUT2D eigenvalue weighted by molar-refractivity contribution is -0.386. The first kappa shape index (κ1) is 20.2. The van der Waals surface area contributed by atoms with Crippen molar-refractivity contribution in [3.05, 3.63) is 74.9 Å². The Bertz CT molecular complexity index is 1050. The van der Waals surface area contributed by atoms with Crippen molar-refractivity contribution in [1.29, 1.82) is 0 Å². The van der Waals surface area contributed by atoms with Crippen LogP contribution in [-0.2, 0) is 13.1 Å². The van der Waals surface area contributed by atoms with Crippen molar-refractivity contribution in [1.82, 2.24) is 24.9 Å². The molecule has 1 aromatic carbocycles. The summed E-state index contributed by atoms with van der Waals surface area (Å²) < 4.78 is 3.43. The first-order chi connectivity index (χ1) is 13.8. The molecule has 9 nitrogen and oxygen atoms in total. The maximum Gasteiger partial charge on any atom is 0.312 e. The van der Waals surface area contributed by atoms with Crippen LogP contribution in [0, 0.1) is 24.0 Å². The Morgan fingerprint density at radius 2 is 2.03 bits per heavy atom. The maximum absolute atomic E-state index is 12.7. The molecule has 9 heteroatoms. The average molecular weight is 396 g/mol. The lowest BCUT2D eigenvalue weighted by Crippen LogP contribution is -2.28.